The molecular weight excluding hydrogens is 200 g/mol. The summed E-state index contributed by atoms with van der Waals surface area (Å²) in [5.41, 5.74) is 1.26. The lowest BCUT2D eigenvalue weighted by molar-refractivity contribution is 0.477. The van der Waals surface area contributed by atoms with Crippen molar-refractivity contribution in [2.45, 2.75) is 0 Å². The van der Waals surface area contributed by atoms with Crippen LogP contribution < -0.4 is 0 Å². The number of phenols is 1. The quantitative estimate of drug-likeness (QED) is 0.730. The molecule has 1 aromatic carbocycles. The molecule has 4 heteroatoms. The minimum Gasteiger partial charge on any atom is -0.507 e. The first kappa shape index (κ1) is 8.97. The van der Waals surface area contributed by atoms with Gasteiger partial charge >= 0.3 is 0 Å². The standard InChI is InChI=1S/C10H7ClN2O/c11-10-12-6-5-8(13-10)7-3-1-2-4-9(7)14/h1-6,14H. The van der Waals surface area contributed by atoms with Gasteiger partial charge in [0.1, 0.15) is 5.75 Å². The van der Waals surface area contributed by atoms with Gasteiger partial charge in [-0.2, -0.15) is 0 Å². The molecule has 1 N–H and O–H groups in total. The Morgan fingerprint density at radius 2 is 1.93 bits per heavy atom. The van der Waals surface area contributed by atoms with Gasteiger partial charge in [0.25, 0.3) is 0 Å². The lowest BCUT2D eigenvalue weighted by atomic mass is 10.1. The van der Waals surface area contributed by atoms with Crippen molar-refractivity contribution < 1.29 is 5.11 Å². The summed E-state index contributed by atoms with van der Waals surface area (Å²) in [5, 5.41) is 9.72. The van der Waals surface area contributed by atoms with Crippen LogP contribution in [-0.4, -0.2) is 15.1 Å². The molecule has 0 unspecified atom stereocenters. The predicted molar refractivity (Wildman–Crippen MR) is 54.1 cm³/mol. The van der Waals surface area contributed by atoms with Crippen LogP contribution in [0.2, 0.25) is 5.28 Å². The SMILES string of the molecule is Oc1ccccc1-c1ccnc(Cl)n1. The Labute approximate surface area is 86.0 Å². The number of halogens is 1. The normalized spacial score (nSPS) is 10.1. The lowest BCUT2D eigenvalue weighted by Gasteiger charge is -2.02. The molecule has 0 atom stereocenters. The third-order valence-electron chi connectivity index (χ3n) is 1.81. The van der Waals surface area contributed by atoms with E-state index in [4.69, 9.17) is 11.6 Å². The fraction of sp³-hybridized carbons (Fsp3) is 0. The largest absolute Gasteiger partial charge is 0.507 e. The van der Waals surface area contributed by atoms with Gasteiger partial charge in [-0.15, -0.1) is 0 Å². The lowest BCUT2D eigenvalue weighted by Crippen LogP contribution is -1.86. The number of hydrogen-bond acceptors (Lipinski definition) is 3. The summed E-state index contributed by atoms with van der Waals surface area (Å²) < 4.78 is 0. The molecule has 2 rings (SSSR count). The van der Waals surface area contributed by atoms with Crippen LogP contribution in [0.25, 0.3) is 11.3 Å². The molecule has 0 fully saturated rings. The van der Waals surface area contributed by atoms with Crippen molar-refractivity contribution >= 4 is 11.6 Å². The molecule has 0 aliphatic rings. The molecule has 3 nitrogen and oxygen atoms in total. The highest BCUT2D eigenvalue weighted by Crippen LogP contribution is 2.26. The van der Waals surface area contributed by atoms with Gasteiger partial charge in [0, 0.05) is 11.8 Å². The van der Waals surface area contributed by atoms with E-state index in [1.165, 1.54) is 0 Å². The zero-order chi connectivity index (χ0) is 9.97. The molecule has 0 amide bonds. The van der Waals surface area contributed by atoms with Crippen LogP contribution in [0.1, 0.15) is 0 Å². The van der Waals surface area contributed by atoms with Crippen LogP contribution in [0.3, 0.4) is 0 Å². The molecule has 0 radical (unpaired) electrons. The van der Waals surface area contributed by atoms with E-state index in [0.717, 1.165) is 0 Å². The predicted octanol–water partition coefficient (Wildman–Crippen LogP) is 2.50. The van der Waals surface area contributed by atoms with Gasteiger partial charge in [-0.05, 0) is 29.8 Å². The van der Waals surface area contributed by atoms with E-state index in [1.807, 2.05) is 6.07 Å². The minimum absolute atomic E-state index is 0.172. The van der Waals surface area contributed by atoms with Gasteiger partial charge in [-0.25, -0.2) is 9.97 Å². The van der Waals surface area contributed by atoms with Crippen molar-refractivity contribution in [2.75, 3.05) is 0 Å². The monoisotopic (exact) mass is 206 g/mol. The number of rotatable bonds is 1. The van der Waals surface area contributed by atoms with Crippen molar-refractivity contribution in [3.05, 3.63) is 41.8 Å². The van der Waals surface area contributed by atoms with E-state index in [2.05, 4.69) is 9.97 Å². The van der Waals surface area contributed by atoms with Gasteiger partial charge in [0.2, 0.25) is 5.28 Å². The molecule has 0 saturated carbocycles. The maximum absolute atomic E-state index is 9.55. The highest BCUT2D eigenvalue weighted by molar-refractivity contribution is 6.28. The Bertz CT molecular complexity index is 459. The fourth-order valence-corrected chi connectivity index (χ4v) is 1.32. The number of aromatic nitrogens is 2. The number of nitrogens with zero attached hydrogens (tertiary/aromatic N) is 2. The Morgan fingerprint density at radius 3 is 2.64 bits per heavy atom. The van der Waals surface area contributed by atoms with E-state index >= 15 is 0 Å². The third kappa shape index (κ3) is 1.67. The van der Waals surface area contributed by atoms with E-state index in [0.29, 0.717) is 11.3 Å². The summed E-state index contributed by atoms with van der Waals surface area (Å²) >= 11 is 5.64. The Kier molecular flexibility index (Phi) is 2.33. The topological polar surface area (TPSA) is 46.0 Å². The molecular formula is C10H7ClN2O. The summed E-state index contributed by atoms with van der Waals surface area (Å²) in [6, 6.07) is 8.65. The van der Waals surface area contributed by atoms with E-state index in [9.17, 15) is 5.11 Å². The first-order chi connectivity index (χ1) is 6.77. The van der Waals surface area contributed by atoms with E-state index < -0.39 is 0 Å². The van der Waals surface area contributed by atoms with Gasteiger partial charge in [-0.3, -0.25) is 0 Å². The summed E-state index contributed by atoms with van der Waals surface area (Å²) in [6.45, 7) is 0. The molecule has 1 heterocycles. The summed E-state index contributed by atoms with van der Waals surface area (Å²) in [4.78, 5) is 7.77. The van der Waals surface area contributed by atoms with Gasteiger partial charge < -0.3 is 5.11 Å². The molecule has 14 heavy (non-hydrogen) atoms. The molecule has 0 aliphatic heterocycles. The Hall–Kier alpha value is -1.61. The molecule has 0 aliphatic carbocycles. The van der Waals surface area contributed by atoms with Crippen LogP contribution in [0, 0.1) is 0 Å². The second-order valence-electron chi connectivity index (χ2n) is 2.73. The second kappa shape index (κ2) is 3.64. The molecule has 0 saturated heterocycles. The number of para-hydroxylation sites is 1. The number of hydrogen-bond donors (Lipinski definition) is 1. The zero-order valence-electron chi connectivity index (χ0n) is 7.18. The Morgan fingerprint density at radius 1 is 1.14 bits per heavy atom. The fourth-order valence-electron chi connectivity index (χ4n) is 1.18. The molecule has 70 valence electrons. The van der Waals surface area contributed by atoms with Crippen molar-refractivity contribution in [3.63, 3.8) is 0 Å². The third-order valence-corrected chi connectivity index (χ3v) is 1.99. The van der Waals surface area contributed by atoms with E-state index in [1.54, 1.807) is 30.5 Å². The van der Waals surface area contributed by atoms with Crippen LogP contribution >= 0.6 is 11.6 Å². The van der Waals surface area contributed by atoms with Gasteiger partial charge in [-0.1, -0.05) is 12.1 Å². The number of benzene rings is 1. The zero-order valence-corrected chi connectivity index (χ0v) is 7.94. The summed E-state index contributed by atoms with van der Waals surface area (Å²) in [7, 11) is 0. The summed E-state index contributed by atoms with van der Waals surface area (Å²) in [5.74, 6) is 0.183. The molecule has 1 aromatic heterocycles. The molecule has 0 spiro atoms. The van der Waals surface area contributed by atoms with Crippen molar-refractivity contribution in [1.82, 2.24) is 9.97 Å². The van der Waals surface area contributed by atoms with Crippen LogP contribution in [-0.2, 0) is 0 Å². The average molecular weight is 207 g/mol. The number of aromatic hydroxyl groups is 1. The maximum Gasteiger partial charge on any atom is 0.222 e. The smallest absolute Gasteiger partial charge is 0.222 e. The van der Waals surface area contributed by atoms with Crippen LogP contribution in [0.5, 0.6) is 5.75 Å². The first-order valence-corrected chi connectivity index (χ1v) is 4.42. The van der Waals surface area contributed by atoms with Crippen molar-refractivity contribution in [3.8, 4) is 17.0 Å². The average Bonchev–Trinajstić information content (AvgIpc) is 2.18. The van der Waals surface area contributed by atoms with Crippen LogP contribution in [0.4, 0.5) is 0 Å². The van der Waals surface area contributed by atoms with Gasteiger partial charge in [0.05, 0.1) is 5.69 Å². The highest BCUT2D eigenvalue weighted by Gasteiger charge is 2.04. The van der Waals surface area contributed by atoms with Crippen molar-refractivity contribution in [2.24, 2.45) is 0 Å². The molecule has 2 aromatic rings. The van der Waals surface area contributed by atoms with E-state index in [-0.39, 0.29) is 11.0 Å². The Balaban J connectivity index is 2.55. The van der Waals surface area contributed by atoms with Crippen LogP contribution in [0.15, 0.2) is 36.5 Å². The molecule has 0 bridgehead atoms. The summed E-state index contributed by atoms with van der Waals surface area (Å²) in [6.07, 6.45) is 1.55. The first-order valence-electron chi connectivity index (χ1n) is 4.04. The number of phenolic OH excluding ortho intramolecular Hbond substituents is 1. The maximum atomic E-state index is 9.55. The minimum atomic E-state index is 0.172. The highest BCUT2D eigenvalue weighted by atomic mass is 35.5. The van der Waals surface area contributed by atoms with Gasteiger partial charge in [0.15, 0.2) is 0 Å². The van der Waals surface area contributed by atoms with Crippen molar-refractivity contribution in [1.29, 1.82) is 0 Å². The second-order valence-corrected chi connectivity index (χ2v) is 3.07.